The van der Waals surface area contributed by atoms with Gasteiger partial charge in [0.15, 0.2) is 0 Å². The molecule has 4 heterocycles. The molecule has 0 saturated carbocycles. The van der Waals surface area contributed by atoms with Crippen molar-refractivity contribution in [2.24, 2.45) is 0 Å². The third kappa shape index (κ3) is 5.57. The standard InChI is InChI=1S/C45H38N5O.Pt/c1-29-11-9-14-38-39-15-10-12-30(2)44(39)49(43(29)38)32-19-20-46-42(26-32)50-40-16-8-7-13-36(40)37-18-17-34(27-41(37)50)51-35-24-31(45(3,4)5)23-33(25-35)48-22-21-47(6)28-48;/h7-24,26,28H,1-6H3;/q-3;. The fourth-order valence-electron chi connectivity index (χ4n) is 7.42. The first kappa shape index (κ1) is 33.8. The van der Waals surface area contributed by atoms with Gasteiger partial charge in [0.05, 0.1) is 16.7 Å². The summed E-state index contributed by atoms with van der Waals surface area (Å²) in [4.78, 5) is 9.05. The van der Waals surface area contributed by atoms with Crippen LogP contribution in [-0.4, -0.2) is 26.1 Å². The molecular formula is C45H38N5OPt-3. The molecule has 0 amide bonds. The van der Waals surface area contributed by atoms with Crippen LogP contribution < -0.4 is 9.64 Å². The number of pyridine rings is 1. The molecule has 0 radical (unpaired) electrons. The molecule has 0 spiro atoms. The number of ether oxygens (including phenoxy) is 1. The molecule has 52 heavy (non-hydrogen) atoms. The molecule has 0 N–H and O–H groups in total. The minimum absolute atomic E-state index is 0. The number of aryl methyl sites for hydroxylation is 2. The summed E-state index contributed by atoms with van der Waals surface area (Å²) >= 11 is 0. The molecule has 0 atom stereocenters. The van der Waals surface area contributed by atoms with Gasteiger partial charge in [0.2, 0.25) is 0 Å². The second-order valence-electron chi connectivity index (χ2n) is 14.5. The Morgan fingerprint density at radius 1 is 0.692 bits per heavy atom. The van der Waals surface area contributed by atoms with Gasteiger partial charge in [-0.1, -0.05) is 80.9 Å². The van der Waals surface area contributed by atoms with E-state index in [9.17, 15) is 0 Å². The molecule has 7 heteroatoms. The van der Waals surface area contributed by atoms with Crippen molar-refractivity contribution in [3.8, 4) is 23.0 Å². The van der Waals surface area contributed by atoms with E-state index in [1.54, 1.807) is 0 Å². The molecule has 1 aliphatic heterocycles. The van der Waals surface area contributed by atoms with Crippen LogP contribution in [0, 0.1) is 32.6 Å². The maximum Gasteiger partial charge on any atom is 0.137 e. The largest absolute Gasteiger partial charge is 0.510 e. The van der Waals surface area contributed by atoms with Gasteiger partial charge in [0, 0.05) is 61.1 Å². The summed E-state index contributed by atoms with van der Waals surface area (Å²) in [7, 11) is 2.01. The van der Waals surface area contributed by atoms with Crippen molar-refractivity contribution in [1.29, 1.82) is 0 Å². The Hall–Kier alpha value is -5.32. The predicted octanol–water partition coefficient (Wildman–Crippen LogP) is 10.9. The number of hydrogen-bond acceptors (Lipinski definition) is 4. The summed E-state index contributed by atoms with van der Waals surface area (Å²) in [6.45, 7) is 13.0. The van der Waals surface area contributed by atoms with Crippen molar-refractivity contribution in [3.63, 3.8) is 0 Å². The van der Waals surface area contributed by atoms with E-state index in [2.05, 4.69) is 152 Å². The number of nitrogens with zero attached hydrogens (tertiary/aromatic N) is 5. The van der Waals surface area contributed by atoms with E-state index in [-0.39, 0.29) is 26.5 Å². The minimum atomic E-state index is -0.0818. The Bertz CT molecular complexity index is 2640. The maximum atomic E-state index is 6.61. The van der Waals surface area contributed by atoms with Gasteiger partial charge in [-0.25, -0.2) is 4.98 Å². The zero-order valence-electron chi connectivity index (χ0n) is 30.0. The van der Waals surface area contributed by atoms with Crippen LogP contribution in [0.3, 0.4) is 0 Å². The zero-order valence-corrected chi connectivity index (χ0v) is 32.3. The molecule has 0 unspecified atom stereocenters. The van der Waals surface area contributed by atoms with Crippen LogP contribution in [0.5, 0.6) is 11.5 Å². The van der Waals surface area contributed by atoms with Crippen LogP contribution >= 0.6 is 0 Å². The summed E-state index contributed by atoms with van der Waals surface area (Å²) in [5.74, 6) is 2.07. The molecule has 0 bridgehead atoms. The summed E-state index contributed by atoms with van der Waals surface area (Å²) in [5, 5.41) is 4.72. The number of benzene rings is 5. The summed E-state index contributed by atoms with van der Waals surface area (Å²) in [6, 6.07) is 41.4. The number of rotatable bonds is 5. The third-order valence-corrected chi connectivity index (χ3v) is 9.95. The summed E-state index contributed by atoms with van der Waals surface area (Å²) in [5.41, 5.74) is 9.91. The Kier molecular flexibility index (Phi) is 8.27. The number of anilines is 1. The SMILES string of the molecule is Cc1cccc2c3cccc(C)c3n(-c3ccnc(-n4c5[c-]c(Oc6[c-]c(N7C=CN(C)[CH-]7)cc(C(C)(C)C)c6)ccc5c5ccccc54)c3)c12.[Pt]. The number of aromatic nitrogens is 3. The molecule has 8 aromatic rings. The Morgan fingerprint density at radius 2 is 1.40 bits per heavy atom. The normalized spacial score (nSPS) is 13.2. The van der Waals surface area contributed by atoms with Crippen LogP contribution in [0.1, 0.15) is 37.5 Å². The van der Waals surface area contributed by atoms with Gasteiger partial charge in [0.1, 0.15) is 5.82 Å². The van der Waals surface area contributed by atoms with Crippen molar-refractivity contribution >= 4 is 49.3 Å². The number of para-hydroxylation sites is 3. The van der Waals surface area contributed by atoms with Crippen molar-refractivity contribution in [2.75, 3.05) is 11.9 Å². The van der Waals surface area contributed by atoms with E-state index in [0.717, 1.165) is 44.6 Å². The second-order valence-corrected chi connectivity index (χ2v) is 14.5. The number of fused-ring (bicyclic) bond motifs is 6. The monoisotopic (exact) mass is 859 g/mol. The van der Waals surface area contributed by atoms with Gasteiger partial charge >= 0.3 is 0 Å². The smallest absolute Gasteiger partial charge is 0.137 e. The molecular weight excluding hydrogens is 822 g/mol. The zero-order chi connectivity index (χ0) is 35.0. The van der Waals surface area contributed by atoms with Crippen LogP contribution in [-0.2, 0) is 26.5 Å². The Morgan fingerprint density at radius 3 is 2.10 bits per heavy atom. The van der Waals surface area contributed by atoms with Crippen molar-refractivity contribution in [1.82, 2.24) is 19.0 Å². The second kappa shape index (κ2) is 12.7. The van der Waals surface area contributed by atoms with Gasteiger partial charge in [-0.2, -0.15) is 12.7 Å². The molecule has 3 aromatic heterocycles. The Balaban J connectivity index is 0.00000387. The van der Waals surface area contributed by atoms with Crippen LogP contribution in [0.2, 0.25) is 0 Å². The van der Waals surface area contributed by atoms with Gasteiger partial charge in [-0.3, -0.25) is 0 Å². The van der Waals surface area contributed by atoms with E-state index >= 15 is 0 Å². The van der Waals surface area contributed by atoms with Gasteiger partial charge in [0.25, 0.3) is 0 Å². The molecule has 0 aliphatic carbocycles. The first-order valence-electron chi connectivity index (χ1n) is 17.3. The molecule has 5 aromatic carbocycles. The van der Waals surface area contributed by atoms with E-state index in [0.29, 0.717) is 11.5 Å². The first-order valence-corrected chi connectivity index (χ1v) is 17.3. The minimum Gasteiger partial charge on any atom is -0.510 e. The van der Waals surface area contributed by atoms with Crippen LogP contribution in [0.15, 0.2) is 116 Å². The summed E-state index contributed by atoms with van der Waals surface area (Å²) < 4.78 is 11.2. The number of hydrogen-bond donors (Lipinski definition) is 0. The van der Waals surface area contributed by atoms with Crippen molar-refractivity contribution < 1.29 is 25.8 Å². The Labute approximate surface area is 318 Å². The topological polar surface area (TPSA) is 38.5 Å². The summed E-state index contributed by atoms with van der Waals surface area (Å²) in [6.07, 6.45) is 5.96. The van der Waals surface area contributed by atoms with E-state index in [1.165, 1.54) is 32.9 Å². The molecule has 0 fully saturated rings. The van der Waals surface area contributed by atoms with Gasteiger partial charge in [-0.05, 0) is 67.4 Å². The third-order valence-electron chi connectivity index (χ3n) is 9.95. The molecule has 1 aliphatic rings. The van der Waals surface area contributed by atoms with Gasteiger partial charge < -0.3 is 23.7 Å². The average Bonchev–Trinajstić information content (AvgIpc) is 3.81. The molecule has 6 nitrogen and oxygen atoms in total. The first-order chi connectivity index (χ1) is 24.6. The van der Waals surface area contributed by atoms with Crippen LogP contribution in [0.4, 0.5) is 5.69 Å². The molecule has 262 valence electrons. The molecule has 0 saturated heterocycles. The van der Waals surface area contributed by atoms with E-state index < -0.39 is 0 Å². The van der Waals surface area contributed by atoms with E-state index in [1.807, 2.05) is 43.3 Å². The predicted molar refractivity (Wildman–Crippen MR) is 209 cm³/mol. The van der Waals surface area contributed by atoms with E-state index in [4.69, 9.17) is 9.72 Å². The van der Waals surface area contributed by atoms with Gasteiger partial charge in [-0.15, -0.1) is 47.0 Å². The molecule has 9 rings (SSSR count). The van der Waals surface area contributed by atoms with Crippen LogP contribution in [0.25, 0.3) is 55.1 Å². The maximum absolute atomic E-state index is 6.61. The average molecular weight is 860 g/mol. The fourth-order valence-corrected chi connectivity index (χ4v) is 7.42. The van der Waals surface area contributed by atoms with Crippen molar-refractivity contribution in [3.05, 3.63) is 151 Å². The fraction of sp³-hybridized carbons (Fsp3) is 0.156. The van der Waals surface area contributed by atoms with Crippen molar-refractivity contribution in [2.45, 2.75) is 40.0 Å². The quantitative estimate of drug-likeness (QED) is 0.162.